The van der Waals surface area contributed by atoms with Crippen molar-refractivity contribution in [2.45, 2.75) is 32.1 Å². The number of carbonyl (C=O) groups is 2. The average molecular weight is 419 g/mol. The fraction of sp³-hybridized carbons (Fsp3) is 0.429. The lowest BCUT2D eigenvalue weighted by atomic mass is 10.1. The van der Waals surface area contributed by atoms with E-state index in [9.17, 15) is 9.59 Å². The number of esters is 1. The summed E-state index contributed by atoms with van der Waals surface area (Å²) in [5, 5.41) is 3.40. The number of rotatable bonds is 6. The Bertz CT molecular complexity index is 895. The number of hydrogen-bond acceptors (Lipinski definition) is 7. The summed E-state index contributed by atoms with van der Waals surface area (Å²) in [5.74, 6) is 0.374. The molecule has 7 nitrogen and oxygen atoms in total. The lowest BCUT2D eigenvalue weighted by Crippen LogP contribution is -2.15. The SMILES string of the molecule is COC(=O)c1c(NC(=O)c2cc(OC)c(OC)c(OC)c2)sc2c1CCCCC2. The highest BCUT2D eigenvalue weighted by atomic mass is 32.1. The van der Waals surface area contributed by atoms with Crippen LogP contribution < -0.4 is 19.5 Å². The minimum Gasteiger partial charge on any atom is -0.493 e. The lowest BCUT2D eigenvalue weighted by molar-refractivity contribution is 0.0601. The van der Waals surface area contributed by atoms with Gasteiger partial charge in [-0.25, -0.2) is 4.79 Å². The van der Waals surface area contributed by atoms with E-state index in [1.165, 1.54) is 39.8 Å². The van der Waals surface area contributed by atoms with Crippen LogP contribution in [0.3, 0.4) is 0 Å². The highest BCUT2D eigenvalue weighted by Gasteiger charge is 2.27. The first kappa shape index (κ1) is 21.0. The van der Waals surface area contributed by atoms with Gasteiger partial charge in [-0.1, -0.05) is 6.42 Å². The lowest BCUT2D eigenvalue weighted by Gasteiger charge is -2.14. The fourth-order valence-corrected chi connectivity index (χ4v) is 4.81. The normalized spacial score (nSPS) is 13.1. The van der Waals surface area contributed by atoms with Crippen LogP contribution >= 0.6 is 11.3 Å². The number of hydrogen-bond donors (Lipinski definition) is 1. The highest BCUT2D eigenvalue weighted by Crippen LogP contribution is 2.40. The van der Waals surface area contributed by atoms with Crippen molar-refractivity contribution in [1.82, 2.24) is 0 Å². The van der Waals surface area contributed by atoms with Crippen LogP contribution in [0, 0.1) is 0 Å². The van der Waals surface area contributed by atoms with Crippen molar-refractivity contribution < 1.29 is 28.5 Å². The summed E-state index contributed by atoms with van der Waals surface area (Å²) in [4.78, 5) is 26.6. The summed E-state index contributed by atoms with van der Waals surface area (Å²) in [6.45, 7) is 0. The van der Waals surface area contributed by atoms with E-state index in [1.54, 1.807) is 12.1 Å². The van der Waals surface area contributed by atoms with Crippen LogP contribution in [-0.4, -0.2) is 40.3 Å². The number of anilines is 1. The third-order valence-corrected chi connectivity index (χ3v) is 6.17. The van der Waals surface area contributed by atoms with Crippen molar-refractivity contribution in [1.29, 1.82) is 0 Å². The van der Waals surface area contributed by atoms with E-state index in [0.29, 0.717) is 33.4 Å². The smallest absolute Gasteiger partial charge is 0.341 e. The number of nitrogens with one attached hydrogen (secondary N) is 1. The van der Waals surface area contributed by atoms with E-state index in [-0.39, 0.29) is 5.91 Å². The van der Waals surface area contributed by atoms with Crippen molar-refractivity contribution in [3.05, 3.63) is 33.7 Å². The number of amides is 1. The van der Waals surface area contributed by atoms with Crippen LogP contribution in [0.5, 0.6) is 17.2 Å². The zero-order valence-electron chi connectivity index (χ0n) is 17.0. The van der Waals surface area contributed by atoms with E-state index >= 15 is 0 Å². The predicted octanol–water partition coefficient (Wildman–Crippen LogP) is 4.08. The van der Waals surface area contributed by atoms with Gasteiger partial charge in [0.15, 0.2) is 11.5 Å². The Balaban J connectivity index is 1.98. The second-order valence-corrected chi connectivity index (χ2v) is 7.73. The van der Waals surface area contributed by atoms with Gasteiger partial charge in [-0.3, -0.25) is 4.79 Å². The molecular formula is C21H25NO6S. The van der Waals surface area contributed by atoms with Crippen molar-refractivity contribution in [3.63, 3.8) is 0 Å². The molecule has 1 N–H and O–H groups in total. The minimum atomic E-state index is -0.426. The summed E-state index contributed by atoms with van der Waals surface area (Å²) >= 11 is 1.45. The van der Waals surface area contributed by atoms with E-state index in [4.69, 9.17) is 18.9 Å². The van der Waals surface area contributed by atoms with Crippen LogP contribution in [0.2, 0.25) is 0 Å². The molecule has 2 aromatic rings. The molecule has 1 aliphatic rings. The maximum Gasteiger partial charge on any atom is 0.341 e. The fourth-order valence-electron chi connectivity index (χ4n) is 3.54. The molecule has 1 amide bonds. The number of carbonyl (C=O) groups excluding carboxylic acids is 2. The molecule has 0 aliphatic heterocycles. The molecular weight excluding hydrogens is 394 g/mol. The zero-order chi connectivity index (χ0) is 21.0. The second-order valence-electron chi connectivity index (χ2n) is 6.63. The molecule has 0 spiro atoms. The molecule has 0 fully saturated rings. The Morgan fingerprint density at radius 1 is 0.931 bits per heavy atom. The molecule has 0 atom stereocenters. The molecule has 3 rings (SSSR count). The molecule has 8 heteroatoms. The monoisotopic (exact) mass is 419 g/mol. The number of fused-ring (bicyclic) bond motifs is 1. The standard InChI is InChI=1S/C21H25NO6S/c1-25-14-10-12(11-15(26-2)18(14)27-3)19(23)22-20-17(21(24)28-4)13-8-6-5-7-9-16(13)29-20/h10-11H,5-9H2,1-4H3,(H,22,23). The molecule has 1 aliphatic carbocycles. The predicted molar refractivity (Wildman–Crippen MR) is 111 cm³/mol. The molecule has 1 aromatic carbocycles. The van der Waals surface area contributed by atoms with Crippen molar-refractivity contribution in [3.8, 4) is 17.2 Å². The summed E-state index contributed by atoms with van der Waals surface area (Å²) in [6.07, 6.45) is 4.96. The van der Waals surface area contributed by atoms with Crippen LogP contribution in [0.4, 0.5) is 5.00 Å². The first-order valence-electron chi connectivity index (χ1n) is 9.38. The topological polar surface area (TPSA) is 83.1 Å². The van der Waals surface area contributed by atoms with Crippen LogP contribution in [0.15, 0.2) is 12.1 Å². The van der Waals surface area contributed by atoms with Crippen molar-refractivity contribution >= 4 is 28.2 Å². The Morgan fingerprint density at radius 3 is 2.17 bits per heavy atom. The molecule has 1 heterocycles. The molecule has 0 saturated heterocycles. The van der Waals surface area contributed by atoms with Crippen LogP contribution in [0.25, 0.3) is 0 Å². The number of aryl methyl sites for hydroxylation is 1. The zero-order valence-corrected chi connectivity index (χ0v) is 17.9. The summed E-state index contributed by atoms with van der Waals surface area (Å²) in [7, 11) is 5.84. The Hall–Kier alpha value is -2.74. The Kier molecular flexibility index (Phi) is 6.64. The Labute approximate surface area is 173 Å². The Morgan fingerprint density at radius 2 is 1.59 bits per heavy atom. The molecule has 0 bridgehead atoms. The second kappa shape index (κ2) is 9.17. The van der Waals surface area contributed by atoms with Gasteiger partial charge < -0.3 is 24.3 Å². The number of methoxy groups -OCH3 is 4. The van der Waals surface area contributed by atoms with Crippen LogP contribution in [-0.2, 0) is 17.6 Å². The van der Waals surface area contributed by atoms with E-state index < -0.39 is 5.97 Å². The third kappa shape index (κ3) is 4.17. The van der Waals surface area contributed by atoms with Crippen LogP contribution in [0.1, 0.15) is 50.4 Å². The van der Waals surface area contributed by atoms with E-state index in [1.807, 2.05) is 0 Å². The average Bonchev–Trinajstić information content (AvgIpc) is 2.91. The van der Waals surface area contributed by atoms with Crippen molar-refractivity contribution in [2.24, 2.45) is 0 Å². The van der Waals surface area contributed by atoms with Gasteiger partial charge in [-0.05, 0) is 43.4 Å². The number of thiophene rings is 1. The van der Waals surface area contributed by atoms with Gasteiger partial charge in [0.05, 0.1) is 34.0 Å². The molecule has 0 saturated carbocycles. The molecule has 29 heavy (non-hydrogen) atoms. The van der Waals surface area contributed by atoms with Gasteiger partial charge >= 0.3 is 5.97 Å². The highest BCUT2D eigenvalue weighted by molar-refractivity contribution is 7.17. The van der Waals surface area contributed by atoms with Gasteiger partial charge in [0.1, 0.15) is 5.00 Å². The van der Waals surface area contributed by atoms with Gasteiger partial charge in [0, 0.05) is 10.4 Å². The van der Waals surface area contributed by atoms with Crippen molar-refractivity contribution in [2.75, 3.05) is 33.8 Å². The number of benzene rings is 1. The maximum absolute atomic E-state index is 13.0. The van der Waals surface area contributed by atoms with Gasteiger partial charge in [0.2, 0.25) is 5.75 Å². The maximum atomic E-state index is 13.0. The first-order chi connectivity index (χ1) is 14.0. The first-order valence-corrected chi connectivity index (χ1v) is 10.2. The minimum absolute atomic E-state index is 0.332. The summed E-state index contributed by atoms with van der Waals surface area (Å²) < 4.78 is 20.9. The van der Waals surface area contributed by atoms with Gasteiger partial charge in [-0.2, -0.15) is 0 Å². The summed E-state index contributed by atoms with van der Waals surface area (Å²) in [6, 6.07) is 3.15. The van der Waals surface area contributed by atoms with E-state index in [0.717, 1.165) is 42.5 Å². The molecule has 1 aromatic heterocycles. The quantitative estimate of drug-likeness (QED) is 0.561. The molecule has 0 radical (unpaired) electrons. The molecule has 156 valence electrons. The van der Waals surface area contributed by atoms with E-state index in [2.05, 4.69) is 5.32 Å². The molecule has 0 unspecified atom stereocenters. The van der Waals surface area contributed by atoms with Gasteiger partial charge in [0.25, 0.3) is 5.91 Å². The van der Waals surface area contributed by atoms with Gasteiger partial charge in [-0.15, -0.1) is 11.3 Å². The third-order valence-electron chi connectivity index (χ3n) is 4.96. The number of ether oxygens (including phenoxy) is 4. The largest absolute Gasteiger partial charge is 0.493 e. The summed E-state index contributed by atoms with van der Waals surface area (Å²) in [5.41, 5.74) is 1.80.